The predicted octanol–water partition coefficient (Wildman–Crippen LogP) is 21.3. The normalized spacial score (nSPS) is 13.4. The van der Waals surface area contributed by atoms with E-state index in [4.69, 9.17) is 4.74 Å². The van der Waals surface area contributed by atoms with Crippen LogP contribution in [0.3, 0.4) is 0 Å². The van der Waals surface area contributed by atoms with Crippen molar-refractivity contribution >= 4 is 254 Å². The minimum Gasteiger partial charge on any atom is -0.458 e. The molecule has 0 saturated heterocycles. The number of hydrogen-bond donors (Lipinski definition) is 1. The van der Waals surface area contributed by atoms with Crippen LogP contribution in [0.2, 0.25) is 0 Å². The summed E-state index contributed by atoms with van der Waals surface area (Å²) in [4.78, 5) is 12.3. The Balaban J connectivity index is 0.792. The number of ether oxygens (including phenoxy) is 1. The van der Waals surface area contributed by atoms with Crippen molar-refractivity contribution in [2.24, 2.45) is 0 Å². The molecule has 8 heterocycles. The molecule has 23 rings (SSSR count). The zero-order valence-corrected chi connectivity index (χ0v) is 64.2. The number of nitrogens with one attached hydrogen (secondary N) is 1. The van der Waals surface area contributed by atoms with Crippen LogP contribution >= 0.6 is 46.6 Å². The number of rotatable bonds is 13. The van der Waals surface area contributed by atoms with Crippen LogP contribution in [0, 0.1) is 0 Å². The van der Waals surface area contributed by atoms with Gasteiger partial charge in [-0.15, -0.1) is 22.7 Å². The molecule has 17 aromatic rings. The summed E-state index contributed by atoms with van der Waals surface area (Å²) in [6.07, 6.45) is 4.47. The molecule has 6 aliphatic heterocycles. The maximum Gasteiger partial charge on any atom is 0.264 e. The number of thiophene rings is 2. The van der Waals surface area contributed by atoms with Gasteiger partial charge in [0.15, 0.2) is 0 Å². The van der Waals surface area contributed by atoms with Gasteiger partial charge >= 0.3 is 0 Å². The lowest BCUT2D eigenvalue weighted by molar-refractivity contribution is 0.488. The van der Waals surface area contributed by atoms with Gasteiger partial charge in [-0.1, -0.05) is 194 Å². The first-order valence-electron chi connectivity index (χ1n) is 38.0. The first-order valence-corrected chi connectivity index (χ1v) is 42.0. The topological polar surface area (TPSA) is 43.9 Å². The Bertz CT molecular complexity index is 6510. The minimum atomic E-state index is -0.291. The summed E-state index contributed by atoms with van der Waals surface area (Å²) in [5, 5.41) is 6.77. The molecular formula is C96H65B3N8OS4. The molecule has 1 N–H and O–H groups in total. The van der Waals surface area contributed by atoms with Gasteiger partial charge in [0, 0.05) is 128 Å². The predicted molar refractivity (Wildman–Crippen MR) is 485 cm³/mol. The van der Waals surface area contributed by atoms with Gasteiger partial charge < -0.3 is 34.6 Å². The van der Waals surface area contributed by atoms with E-state index < -0.39 is 0 Å². The molecule has 15 aromatic carbocycles. The van der Waals surface area contributed by atoms with E-state index in [1.54, 1.807) is 23.9 Å². The highest BCUT2D eigenvalue weighted by molar-refractivity contribution is 8.00. The quantitative estimate of drug-likeness (QED) is 0.0887. The molecule has 2 aromatic heterocycles. The van der Waals surface area contributed by atoms with Crippen molar-refractivity contribution in [1.82, 2.24) is 0 Å². The van der Waals surface area contributed by atoms with Gasteiger partial charge in [-0.05, 0) is 208 Å². The molecule has 0 aliphatic carbocycles. The van der Waals surface area contributed by atoms with Crippen LogP contribution in [-0.2, 0) is 0 Å². The number of benzene rings is 15. The molecule has 9 nitrogen and oxygen atoms in total. The van der Waals surface area contributed by atoms with Crippen molar-refractivity contribution in [2.75, 3.05) is 50.9 Å². The summed E-state index contributed by atoms with van der Waals surface area (Å²) in [6.45, 7) is -0.629. The molecule has 0 atom stereocenters. The fourth-order valence-corrected chi connectivity index (χ4v) is 22.7. The van der Waals surface area contributed by atoms with Crippen LogP contribution in [0.4, 0.5) is 119 Å². The minimum absolute atomic E-state index is 0.162. The van der Waals surface area contributed by atoms with E-state index in [1.807, 2.05) is 22.7 Å². The van der Waals surface area contributed by atoms with Crippen molar-refractivity contribution in [3.05, 3.63) is 352 Å². The molecule has 0 amide bonds. The fourth-order valence-electron chi connectivity index (χ4n) is 18.6. The highest BCUT2D eigenvalue weighted by Crippen LogP contribution is 2.54. The molecule has 0 bridgehead atoms. The Morgan fingerprint density at radius 1 is 0.295 bits per heavy atom. The number of hydrogen-bond acceptors (Lipinski definition) is 13. The second kappa shape index (κ2) is 26.0. The lowest BCUT2D eigenvalue weighted by Gasteiger charge is -2.45. The maximum absolute atomic E-state index is 7.94. The maximum atomic E-state index is 7.94. The molecule has 6 aliphatic rings. The molecule has 0 saturated carbocycles. The molecule has 0 fully saturated rings. The second-order valence-corrected chi connectivity index (χ2v) is 32.7. The lowest BCUT2D eigenvalue weighted by atomic mass is 9.30. The lowest BCUT2D eigenvalue weighted by Crippen LogP contribution is -2.65. The Morgan fingerprint density at radius 2 is 0.661 bits per heavy atom. The smallest absolute Gasteiger partial charge is 0.264 e. The van der Waals surface area contributed by atoms with Crippen molar-refractivity contribution in [1.29, 1.82) is 0 Å². The summed E-state index contributed by atoms with van der Waals surface area (Å²) >= 11 is 7.36. The van der Waals surface area contributed by atoms with Crippen LogP contribution in [-0.4, -0.2) is 32.6 Å². The van der Waals surface area contributed by atoms with Crippen LogP contribution in [0.1, 0.15) is 0 Å². The van der Waals surface area contributed by atoms with Gasteiger partial charge in [-0.3, -0.25) is 8.61 Å². The third-order valence-corrected chi connectivity index (χ3v) is 27.1. The van der Waals surface area contributed by atoms with E-state index in [2.05, 4.69) is 403 Å². The number of nitrogens with zero attached hydrogens (tertiary/aromatic N) is 7. The van der Waals surface area contributed by atoms with Crippen LogP contribution in [0.5, 0.6) is 11.5 Å². The van der Waals surface area contributed by atoms with Crippen molar-refractivity contribution in [2.45, 2.75) is 0 Å². The largest absolute Gasteiger partial charge is 0.458 e. The zero-order chi connectivity index (χ0) is 73.8. The monoisotopic (exact) mass is 1510 g/mol. The van der Waals surface area contributed by atoms with Gasteiger partial charge in [-0.25, -0.2) is 0 Å². The van der Waals surface area contributed by atoms with E-state index in [0.29, 0.717) is 0 Å². The van der Waals surface area contributed by atoms with Gasteiger partial charge in [0.25, 0.3) is 20.1 Å². The average molecular weight is 1510 g/mol. The third kappa shape index (κ3) is 9.94. The molecular weight excluding hydrogens is 1440 g/mol. The summed E-state index contributed by atoms with van der Waals surface area (Å²) < 4.78 is 18.1. The molecule has 528 valence electrons. The van der Waals surface area contributed by atoms with Crippen LogP contribution in [0.15, 0.2) is 352 Å². The molecule has 0 unspecified atom stereocenters. The van der Waals surface area contributed by atoms with E-state index in [0.717, 1.165) is 130 Å². The van der Waals surface area contributed by atoms with Gasteiger partial charge in [0.05, 0.1) is 45.5 Å². The Morgan fingerprint density at radius 3 is 1.12 bits per heavy atom. The molecule has 0 spiro atoms. The first-order chi connectivity index (χ1) is 55.5. The van der Waals surface area contributed by atoms with Gasteiger partial charge in [0.2, 0.25) is 0 Å². The number of fused-ring (bicyclic) bond motifs is 16. The Kier molecular flexibility index (Phi) is 15.1. The summed E-state index contributed by atoms with van der Waals surface area (Å²) in [5.41, 5.74) is 31.5. The number of para-hydroxylation sites is 8. The fraction of sp³-hybridized carbons (Fsp3) is 0.0208. The SMILES string of the molecule is CSN1c2cc3c(cc2B2c4cc5c(cc4Oc4cc(N(c6ccccc6)c6ccccc6)cc1c42)N(SC)c1cc(N(c2ccccc2)c2ccccc2)cc2c1B5c1sc4ccccc4c1N2c1ccccc1)B1c2sc4ccccc4c2N(c2ccccc2)c2cc(N(c4ccccc4)c4ccccc4)cc(c21)N3. The van der Waals surface area contributed by atoms with Crippen molar-refractivity contribution < 1.29 is 4.74 Å². The summed E-state index contributed by atoms with van der Waals surface area (Å²) in [6, 6.07) is 130. The Labute approximate surface area is 668 Å². The van der Waals surface area contributed by atoms with E-state index >= 15 is 0 Å². The van der Waals surface area contributed by atoms with E-state index in [1.165, 1.54) is 68.4 Å². The second-order valence-electron chi connectivity index (χ2n) is 29.1. The first kappa shape index (κ1) is 65.2. The highest BCUT2D eigenvalue weighted by Gasteiger charge is 2.51. The summed E-state index contributed by atoms with van der Waals surface area (Å²) in [5.74, 6) is 1.66. The standard InChI is InChI=1S/C96H65B3N8OS4/c1-109-106-80-59-78-74(98-90-79(100-78)51-69(101(61-31-11-3-12-32-61)62-33-13-4-14-34-62)52-82(90)104(67-43-23-9-24-44-67)93-72-47-27-29-49-88(72)111-95(93)98)57-75(80)97-77-58-76-81(60-86(77)108-87-56-71(55-85(106)92(87)97)103(65-39-19-7-20-40-65)66-41-21-8-22-42-66)107(110-2)84-54-70(102(63-35-15-5-16-36-63)64-37-17-6-18-38-64)53-83-91(84)99(76)96-94(73-48-28-30-50-89(73)112-96)105(83)68-45-25-10-26-46-68/h3-60,100H,1-2H3. The Hall–Kier alpha value is -12.7. The van der Waals surface area contributed by atoms with E-state index in [9.17, 15) is 0 Å². The summed E-state index contributed by atoms with van der Waals surface area (Å²) in [7, 11) is 0. The molecule has 0 radical (unpaired) electrons. The molecule has 16 heteroatoms. The van der Waals surface area contributed by atoms with E-state index in [-0.39, 0.29) is 20.1 Å². The average Bonchev–Trinajstić information content (AvgIpc) is 1.40. The van der Waals surface area contributed by atoms with Crippen LogP contribution < -0.4 is 91.0 Å². The van der Waals surface area contributed by atoms with Gasteiger partial charge in [0.1, 0.15) is 11.5 Å². The highest BCUT2D eigenvalue weighted by atomic mass is 32.2. The van der Waals surface area contributed by atoms with Gasteiger partial charge in [-0.2, -0.15) is 0 Å². The third-order valence-electron chi connectivity index (χ3n) is 23.1. The van der Waals surface area contributed by atoms with Crippen molar-refractivity contribution in [3.8, 4) is 11.5 Å². The van der Waals surface area contributed by atoms with Crippen molar-refractivity contribution in [3.63, 3.8) is 0 Å². The van der Waals surface area contributed by atoms with Crippen LogP contribution in [0.25, 0.3) is 20.2 Å². The zero-order valence-electron chi connectivity index (χ0n) is 60.9. The molecule has 112 heavy (non-hydrogen) atoms. The number of anilines is 21.